The smallest absolute Gasteiger partial charge is 0.220 e. The summed E-state index contributed by atoms with van der Waals surface area (Å²) < 4.78 is 13.5. The van der Waals surface area contributed by atoms with Crippen LogP contribution in [0.3, 0.4) is 0 Å². The Bertz CT molecular complexity index is 396. The van der Waals surface area contributed by atoms with Crippen LogP contribution in [0.4, 0.5) is 4.39 Å². The molecule has 0 aliphatic rings. The van der Waals surface area contributed by atoms with Crippen molar-refractivity contribution in [3.05, 3.63) is 34.1 Å². The Balaban J connectivity index is 2.42. The number of nitrogens with two attached hydrogens (primary N) is 1. The number of rotatable bonds is 5. The van der Waals surface area contributed by atoms with Crippen molar-refractivity contribution in [3.8, 4) is 0 Å². The first kappa shape index (κ1) is 14.1. The van der Waals surface area contributed by atoms with Gasteiger partial charge in [-0.15, -0.1) is 0 Å². The molecule has 3 N–H and O–H groups in total. The Hall–Kier alpha value is -0.940. The largest absolute Gasteiger partial charge is 0.352 e. The van der Waals surface area contributed by atoms with Crippen LogP contribution in [-0.4, -0.2) is 11.9 Å². The SMILES string of the molecule is CC(N)CCC(=O)NCc1ccc(F)cc1Br. The van der Waals surface area contributed by atoms with Crippen molar-refractivity contribution < 1.29 is 9.18 Å². The maximum absolute atomic E-state index is 12.8. The molecule has 1 rings (SSSR count). The summed E-state index contributed by atoms with van der Waals surface area (Å²) in [5.74, 6) is -0.345. The van der Waals surface area contributed by atoms with Crippen LogP contribution >= 0.6 is 15.9 Å². The standard InChI is InChI=1S/C12H16BrFN2O/c1-8(15)2-5-12(17)16-7-9-3-4-10(14)6-11(9)13/h3-4,6,8H,2,5,7,15H2,1H3,(H,16,17). The highest BCUT2D eigenvalue weighted by molar-refractivity contribution is 9.10. The molecule has 0 aliphatic heterocycles. The second-order valence-corrected chi connectivity index (χ2v) is 4.88. The minimum absolute atomic E-state index is 0.0262. The van der Waals surface area contributed by atoms with E-state index in [0.29, 0.717) is 23.9 Å². The molecule has 1 aromatic carbocycles. The predicted molar refractivity (Wildman–Crippen MR) is 68.8 cm³/mol. The van der Waals surface area contributed by atoms with Gasteiger partial charge in [0, 0.05) is 23.5 Å². The molecule has 17 heavy (non-hydrogen) atoms. The highest BCUT2D eigenvalue weighted by Gasteiger charge is 2.05. The normalized spacial score (nSPS) is 12.2. The summed E-state index contributed by atoms with van der Waals surface area (Å²) in [4.78, 5) is 11.4. The van der Waals surface area contributed by atoms with Crippen LogP contribution in [0.15, 0.2) is 22.7 Å². The molecule has 0 aliphatic carbocycles. The van der Waals surface area contributed by atoms with Gasteiger partial charge in [-0.25, -0.2) is 4.39 Å². The van der Waals surface area contributed by atoms with Gasteiger partial charge in [0.25, 0.3) is 0 Å². The molecule has 0 aromatic heterocycles. The van der Waals surface area contributed by atoms with Crippen LogP contribution in [-0.2, 0) is 11.3 Å². The fourth-order valence-corrected chi connectivity index (χ4v) is 1.80. The first-order valence-electron chi connectivity index (χ1n) is 5.45. The van der Waals surface area contributed by atoms with Gasteiger partial charge in [0.2, 0.25) is 5.91 Å². The van der Waals surface area contributed by atoms with E-state index in [1.807, 2.05) is 6.92 Å². The Morgan fingerprint density at radius 2 is 2.29 bits per heavy atom. The molecule has 1 aromatic rings. The number of nitrogens with one attached hydrogen (secondary N) is 1. The van der Waals surface area contributed by atoms with Crippen molar-refractivity contribution in [3.63, 3.8) is 0 Å². The third-order valence-electron chi connectivity index (χ3n) is 2.32. The molecule has 0 saturated carbocycles. The number of hydrogen-bond donors (Lipinski definition) is 2. The molecule has 94 valence electrons. The third-order valence-corrected chi connectivity index (χ3v) is 3.06. The Morgan fingerprint density at radius 1 is 1.59 bits per heavy atom. The van der Waals surface area contributed by atoms with Crippen molar-refractivity contribution in [2.45, 2.75) is 32.4 Å². The van der Waals surface area contributed by atoms with Crippen LogP contribution in [0.1, 0.15) is 25.3 Å². The summed E-state index contributed by atoms with van der Waals surface area (Å²) in [6.45, 7) is 2.25. The zero-order valence-electron chi connectivity index (χ0n) is 9.67. The number of hydrogen-bond acceptors (Lipinski definition) is 2. The number of benzene rings is 1. The molecule has 0 saturated heterocycles. The second-order valence-electron chi connectivity index (χ2n) is 4.03. The third kappa shape index (κ3) is 5.28. The molecular weight excluding hydrogens is 287 g/mol. The molecule has 0 bridgehead atoms. The topological polar surface area (TPSA) is 55.1 Å². The Morgan fingerprint density at radius 3 is 2.88 bits per heavy atom. The van der Waals surface area contributed by atoms with Crippen molar-refractivity contribution in [2.75, 3.05) is 0 Å². The quantitative estimate of drug-likeness (QED) is 0.877. The maximum Gasteiger partial charge on any atom is 0.220 e. The highest BCUT2D eigenvalue weighted by atomic mass is 79.9. The van der Waals surface area contributed by atoms with Gasteiger partial charge in [-0.3, -0.25) is 4.79 Å². The molecule has 3 nitrogen and oxygen atoms in total. The molecule has 0 spiro atoms. The first-order valence-corrected chi connectivity index (χ1v) is 6.24. The van der Waals surface area contributed by atoms with Crippen molar-refractivity contribution in [1.82, 2.24) is 5.32 Å². The van der Waals surface area contributed by atoms with Gasteiger partial charge in [0.15, 0.2) is 0 Å². The van der Waals surface area contributed by atoms with Crippen molar-refractivity contribution in [1.29, 1.82) is 0 Å². The van der Waals surface area contributed by atoms with Gasteiger partial charge in [-0.1, -0.05) is 22.0 Å². The monoisotopic (exact) mass is 302 g/mol. The second kappa shape index (κ2) is 6.71. The molecule has 0 fully saturated rings. The number of carbonyl (C=O) groups excluding carboxylic acids is 1. The number of carbonyl (C=O) groups is 1. The lowest BCUT2D eigenvalue weighted by molar-refractivity contribution is -0.121. The van der Waals surface area contributed by atoms with E-state index >= 15 is 0 Å². The zero-order valence-corrected chi connectivity index (χ0v) is 11.3. The van der Waals surface area contributed by atoms with Crippen molar-refractivity contribution >= 4 is 21.8 Å². The Kier molecular flexibility index (Phi) is 5.58. The summed E-state index contributed by atoms with van der Waals surface area (Å²) in [6, 6.07) is 4.42. The fourth-order valence-electron chi connectivity index (χ4n) is 1.31. The van der Waals surface area contributed by atoms with E-state index in [9.17, 15) is 9.18 Å². The van der Waals surface area contributed by atoms with E-state index in [1.54, 1.807) is 6.07 Å². The summed E-state index contributed by atoms with van der Waals surface area (Å²) in [7, 11) is 0. The van der Waals surface area contributed by atoms with Crippen LogP contribution in [0.2, 0.25) is 0 Å². The highest BCUT2D eigenvalue weighted by Crippen LogP contribution is 2.17. The molecule has 1 unspecified atom stereocenters. The summed E-state index contributed by atoms with van der Waals surface area (Å²) >= 11 is 3.25. The van der Waals surface area contributed by atoms with Crippen molar-refractivity contribution in [2.24, 2.45) is 5.73 Å². The minimum atomic E-state index is -0.302. The van der Waals surface area contributed by atoms with E-state index in [1.165, 1.54) is 12.1 Å². The van der Waals surface area contributed by atoms with Gasteiger partial charge in [0.05, 0.1) is 0 Å². The lowest BCUT2D eigenvalue weighted by Crippen LogP contribution is -2.25. The van der Waals surface area contributed by atoms with E-state index in [2.05, 4.69) is 21.2 Å². The average Bonchev–Trinajstić information content (AvgIpc) is 2.25. The molecule has 1 amide bonds. The molecule has 1 atom stereocenters. The van der Waals surface area contributed by atoms with Gasteiger partial charge in [-0.2, -0.15) is 0 Å². The van der Waals surface area contributed by atoms with Crippen LogP contribution < -0.4 is 11.1 Å². The molecule has 0 heterocycles. The minimum Gasteiger partial charge on any atom is -0.352 e. The fraction of sp³-hybridized carbons (Fsp3) is 0.417. The van der Waals surface area contributed by atoms with Crippen LogP contribution in [0, 0.1) is 5.82 Å². The lowest BCUT2D eigenvalue weighted by Gasteiger charge is -2.08. The molecule has 0 radical (unpaired) electrons. The van der Waals surface area contributed by atoms with Gasteiger partial charge in [-0.05, 0) is 31.0 Å². The summed E-state index contributed by atoms with van der Waals surface area (Å²) in [5.41, 5.74) is 6.41. The molecular formula is C12H16BrFN2O. The Labute approximate surface area is 109 Å². The van der Waals surface area contributed by atoms with Gasteiger partial charge in [0.1, 0.15) is 5.82 Å². The number of amides is 1. The van der Waals surface area contributed by atoms with E-state index in [-0.39, 0.29) is 17.8 Å². The number of halogens is 2. The average molecular weight is 303 g/mol. The predicted octanol–water partition coefficient (Wildman–Crippen LogP) is 2.33. The van der Waals surface area contributed by atoms with E-state index in [4.69, 9.17) is 5.73 Å². The summed E-state index contributed by atoms with van der Waals surface area (Å²) in [5, 5.41) is 2.77. The lowest BCUT2D eigenvalue weighted by atomic mass is 10.2. The van der Waals surface area contributed by atoms with Gasteiger partial charge < -0.3 is 11.1 Å². The molecule has 5 heteroatoms. The van der Waals surface area contributed by atoms with Crippen LogP contribution in [0.25, 0.3) is 0 Å². The first-order chi connectivity index (χ1) is 7.99. The zero-order chi connectivity index (χ0) is 12.8. The maximum atomic E-state index is 12.8. The summed E-state index contributed by atoms with van der Waals surface area (Å²) in [6.07, 6.45) is 1.08. The van der Waals surface area contributed by atoms with Gasteiger partial charge >= 0.3 is 0 Å². The van der Waals surface area contributed by atoms with E-state index in [0.717, 1.165) is 5.56 Å². The van der Waals surface area contributed by atoms with E-state index < -0.39 is 0 Å². The van der Waals surface area contributed by atoms with Crippen LogP contribution in [0.5, 0.6) is 0 Å².